The maximum atomic E-state index is 10.9. The van der Waals surface area contributed by atoms with Gasteiger partial charge in [-0.3, -0.25) is 15.0 Å². The molecule has 1 fully saturated rings. The second-order valence-electron chi connectivity index (χ2n) is 4.72. The van der Waals surface area contributed by atoms with Crippen LogP contribution in [-0.4, -0.2) is 56.4 Å². The Morgan fingerprint density at radius 1 is 1.38 bits per heavy atom. The number of nitro groups is 1. The lowest BCUT2D eigenvalue weighted by Gasteiger charge is -2.26. The third-order valence-electron chi connectivity index (χ3n) is 3.34. The van der Waals surface area contributed by atoms with E-state index in [0.717, 1.165) is 39.3 Å². The van der Waals surface area contributed by atoms with E-state index in [-0.39, 0.29) is 11.4 Å². The predicted octanol–water partition coefficient (Wildman–Crippen LogP) is 1.70. The lowest BCUT2D eigenvalue weighted by molar-refractivity contribution is -0.385. The van der Waals surface area contributed by atoms with Crippen LogP contribution >= 0.6 is 0 Å². The summed E-state index contributed by atoms with van der Waals surface area (Å²) in [4.78, 5) is 12.8. The highest BCUT2D eigenvalue weighted by atomic mass is 16.6. The van der Waals surface area contributed by atoms with Gasteiger partial charge < -0.3 is 14.2 Å². The van der Waals surface area contributed by atoms with E-state index in [1.165, 1.54) is 13.2 Å². The summed E-state index contributed by atoms with van der Waals surface area (Å²) in [5, 5.41) is 10.9. The molecule has 2 rings (SSSR count). The van der Waals surface area contributed by atoms with Gasteiger partial charge in [-0.2, -0.15) is 0 Å². The summed E-state index contributed by atoms with van der Waals surface area (Å²) in [5.74, 6) is 0.586. The molecule has 1 aromatic rings. The third kappa shape index (κ3) is 4.30. The number of morpholine rings is 1. The van der Waals surface area contributed by atoms with Crippen LogP contribution in [0, 0.1) is 10.1 Å². The number of para-hydroxylation sites is 1. The summed E-state index contributed by atoms with van der Waals surface area (Å²) in [7, 11) is 1.41. The van der Waals surface area contributed by atoms with Crippen LogP contribution in [0.5, 0.6) is 11.5 Å². The number of nitro benzene ring substituents is 1. The Bertz CT molecular complexity index is 474. The van der Waals surface area contributed by atoms with E-state index in [0.29, 0.717) is 12.4 Å². The molecule has 0 atom stereocenters. The Labute approximate surface area is 123 Å². The van der Waals surface area contributed by atoms with Crippen LogP contribution in [0.4, 0.5) is 5.69 Å². The van der Waals surface area contributed by atoms with Crippen molar-refractivity contribution in [2.24, 2.45) is 0 Å². The average molecular weight is 296 g/mol. The van der Waals surface area contributed by atoms with Gasteiger partial charge in [-0.25, -0.2) is 0 Å². The minimum atomic E-state index is -0.473. The molecule has 116 valence electrons. The zero-order valence-electron chi connectivity index (χ0n) is 12.1. The predicted molar refractivity (Wildman–Crippen MR) is 77.0 cm³/mol. The first-order valence-corrected chi connectivity index (χ1v) is 6.96. The molecule has 0 unspecified atom stereocenters. The van der Waals surface area contributed by atoms with Gasteiger partial charge in [0.25, 0.3) is 0 Å². The van der Waals surface area contributed by atoms with Crippen LogP contribution in [0.1, 0.15) is 6.42 Å². The monoisotopic (exact) mass is 296 g/mol. The lowest BCUT2D eigenvalue weighted by atomic mass is 10.2. The van der Waals surface area contributed by atoms with Gasteiger partial charge in [0.2, 0.25) is 5.75 Å². The largest absolute Gasteiger partial charge is 0.489 e. The van der Waals surface area contributed by atoms with Crippen molar-refractivity contribution in [1.29, 1.82) is 0 Å². The number of benzene rings is 1. The maximum absolute atomic E-state index is 10.9. The molecule has 0 spiro atoms. The molecule has 1 saturated heterocycles. The zero-order valence-corrected chi connectivity index (χ0v) is 12.1. The second kappa shape index (κ2) is 7.80. The molecule has 7 nitrogen and oxygen atoms in total. The molecule has 0 amide bonds. The highest BCUT2D eigenvalue weighted by Gasteiger charge is 2.19. The Balaban J connectivity index is 1.85. The van der Waals surface area contributed by atoms with Crippen molar-refractivity contribution in [3.05, 3.63) is 28.3 Å². The normalized spacial score (nSPS) is 15.7. The van der Waals surface area contributed by atoms with Crippen LogP contribution in [0.3, 0.4) is 0 Å². The second-order valence-corrected chi connectivity index (χ2v) is 4.72. The molecule has 0 radical (unpaired) electrons. The topological polar surface area (TPSA) is 74.1 Å². The molecular formula is C14H20N2O5. The number of hydrogen-bond acceptors (Lipinski definition) is 6. The van der Waals surface area contributed by atoms with E-state index < -0.39 is 4.92 Å². The molecule has 0 aromatic heterocycles. The molecule has 0 aliphatic carbocycles. The van der Waals surface area contributed by atoms with Gasteiger partial charge >= 0.3 is 5.69 Å². The van der Waals surface area contributed by atoms with E-state index in [2.05, 4.69) is 4.90 Å². The van der Waals surface area contributed by atoms with E-state index in [1.54, 1.807) is 12.1 Å². The zero-order chi connectivity index (χ0) is 15.1. The Morgan fingerprint density at radius 3 is 2.81 bits per heavy atom. The Kier molecular flexibility index (Phi) is 5.77. The molecule has 1 aliphatic heterocycles. The molecule has 1 aliphatic rings. The van der Waals surface area contributed by atoms with Crippen molar-refractivity contribution in [2.45, 2.75) is 6.42 Å². The van der Waals surface area contributed by atoms with E-state index >= 15 is 0 Å². The van der Waals surface area contributed by atoms with Gasteiger partial charge in [0.1, 0.15) is 0 Å². The summed E-state index contributed by atoms with van der Waals surface area (Å²) in [6.07, 6.45) is 0.853. The van der Waals surface area contributed by atoms with Gasteiger partial charge in [-0.1, -0.05) is 6.07 Å². The van der Waals surface area contributed by atoms with Crippen molar-refractivity contribution in [1.82, 2.24) is 4.90 Å². The molecule has 0 N–H and O–H groups in total. The molecule has 0 bridgehead atoms. The number of rotatable bonds is 7. The van der Waals surface area contributed by atoms with Crippen LogP contribution in [0.25, 0.3) is 0 Å². The minimum absolute atomic E-state index is 0.0804. The van der Waals surface area contributed by atoms with Crippen LogP contribution in [-0.2, 0) is 4.74 Å². The number of methoxy groups -OCH3 is 1. The first-order chi connectivity index (χ1) is 10.2. The number of hydrogen-bond donors (Lipinski definition) is 0. The van der Waals surface area contributed by atoms with Crippen LogP contribution < -0.4 is 9.47 Å². The lowest BCUT2D eigenvalue weighted by Crippen LogP contribution is -2.37. The fraction of sp³-hybridized carbons (Fsp3) is 0.571. The van der Waals surface area contributed by atoms with Gasteiger partial charge in [0.15, 0.2) is 5.75 Å². The molecule has 1 aromatic carbocycles. The third-order valence-corrected chi connectivity index (χ3v) is 3.34. The first kappa shape index (κ1) is 15.5. The van der Waals surface area contributed by atoms with Crippen molar-refractivity contribution in [2.75, 3.05) is 46.6 Å². The summed E-state index contributed by atoms with van der Waals surface area (Å²) in [6, 6.07) is 4.68. The SMILES string of the molecule is COc1c(OCCCN2CCOCC2)cccc1[N+](=O)[O-]. The fourth-order valence-electron chi connectivity index (χ4n) is 2.26. The summed E-state index contributed by atoms with van der Waals surface area (Å²) >= 11 is 0. The summed E-state index contributed by atoms with van der Waals surface area (Å²) in [6.45, 7) is 4.87. The van der Waals surface area contributed by atoms with Crippen molar-refractivity contribution >= 4 is 5.69 Å². The van der Waals surface area contributed by atoms with E-state index in [1.807, 2.05) is 0 Å². The smallest absolute Gasteiger partial charge is 0.314 e. The summed E-state index contributed by atoms with van der Waals surface area (Å²) < 4.78 is 16.0. The number of nitrogens with zero attached hydrogens (tertiary/aromatic N) is 2. The molecule has 7 heteroatoms. The molecular weight excluding hydrogens is 276 g/mol. The van der Waals surface area contributed by atoms with Gasteiger partial charge in [-0.05, 0) is 12.5 Å². The first-order valence-electron chi connectivity index (χ1n) is 6.96. The highest BCUT2D eigenvalue weighted by molar-refractivity contribution is 5.55. The quantitative estimate of drug-likeness (QED) is 0.433. The van der Waals surface area contributed by atoms with Crippen molar-refractivity contribution in [3.63, 3.8) is 0 Å². The van der Waals surface area contributed by atoms with Gasteiger partial charge in [-0.15, -0.1) is 0 Å². The standard InChI is InChI=1S/C14H20N2O5/c1-19-14-12(16(17)18)4-2-5-13(14)21-9-3-6-15-7-10-20-11-8-15/h2,4-5H,3,6-11H2,1H3. The number of ether oxygens (including phenoxy) is 3. The average Bonchev–Trinajstić information content (AvgIpc) is 2.52. The Morgan fingerprint density at radius 2 is 2.14 bits per heavy atom. The van der Waals surface area contributed by atoms with Crippen molar-refractivity contribution < 1.29 is 19.1 Å². The van der Waals surface area contributed by atoms with Gasteiger partial charge in [0, 0.05) is 25.7 Å². The molecule has 21 heavy (non-hydrogen) atoms. The van der Waals surface area contributed by atoms with Gasteiger partial charge in [0.05, 0.1) is 31.9 Å². The summed E-state index contributed by atoms with van der Waals surface area (Å²) in [5.41, 5.74) is -0.0804. The van der Waals surface area contributed by atoms with Crippen LogP contribution in [0.15, 0.2) is 18.2 Å². The van der Waals surface area contributed by atoms with E-state index in [4.69, 9.17) is 14.2 Å². The Hall–Kier alpha value is -1.86. The van der Waals surface area contributed by atoms with Crippen molar-refractivity contribution in [3.8, 4) is 11.5 Å². The van der Waals surface area contributed by atoms with Crippen LogP contribution in [0.2, 0.25) is 0 Å². The van der Waals surface area contributed by atoms with E-state index in [9.17, 15) is 10.1 Å². The molecule has 0 saturated carbocycles. The fourth-order valence-corrected chi connectivity index (χ4v) is 2.26. The molecule has 1 heterocycles. The maximum Gasteiger partial charge on any atom is 0.314 e. The minimum Gasteiger partial charge on any atom is -0.489 e. The highest BCUT2D eigenvalue weighted by Crippen LogP contribution is 2.36.